The zero-order valence-electron chi connectivity index (χ0n) is 29.7. The Labute approximate surface area is 309 Å². The number of nitro benzene ring substituents is 1. The first-order valence-corrected chi connectivity index (χ1v) is 18.1. The molecular weight excluding hydrogens is 668 g/mol. The number of carbonyl (C=O) groups is 1. The molecule has 0 bridgehead atoms. The van der Waals surface area contributed by atoms with Gasteiger partial charge in [0.25, 0.3) is 11.6 Å². The van der Waals surface area contributed by atoms with Gasteiger partial charge in [0.1, 0.15) is 0 Å². The highest BCUT2D eigenvalue weighted by Crippen LogP contribution is 2.42. The van der Waals surface area contributed by atoms with E-state index < -0.39 is 6.29 Å². The molecule has 0 saturated carbocycles. The summed E-state index contributed by atoms with van der Waals surface area (Å²) in [5.74, 6) is -0.0454. The number of nitrogens with zero attached hydrogens (tertiary/aromatic N) is 3. The second-order valence-corrected chi connectivity index (χ2v) is 13.8. The molecule has 2 saturated heterocycles. The highest BCUT2D eigenvalue weighted by Gasteiger charge is 2.39. The van der Waals surface area contributed by atoms with Gasteiger partial charge in [-0.25, -0.2) is 0 Å². The predicted molar refractivity (Wildman–Crippen MR) is 204 cm³/mol. The number of benzene rings is 5. The van der Waals surface area contributed by atoms with Gasteiger partial charge in [-0.05, 0) is 58.1 Å². The molecule has 2 aliphatic heterocycles. The van der Waals surface area contributed by atoms with Crippen molar-refractivity contribution < 1.29 is 24.3 Å². The molecule has 0 radical (unpaired) electrons. The fourth-order valence-electron chi connectivity index (χ4n) is 7.12. The third kappa shape index (κ3) is 8.64. The minimum atomic E-state index is -0.575. The van der Waals surface area contributed by atoms with Crippen molar-refractivity contribution in [1.82, 2.24) is 10.2 Å². The molecule has 5 aromatic rings. The molecule has 10 nitrogen and oxygen atoms in total. The number of anilines is 1. The number of nitrogens with one attached hydrogen (secondary N) is 1. The second kappa shape index (κ2) is 16.5. The van der Waals surface area contributed by atoms with Crippen molar-refractivity contribution in [2.75, 3.05) is 37.6 Å². The number of amides is 1. The number of aliphatic hydroxyl groups excluding tert-OH is 1. The maximum absolute atomic E-state index is 12.6. The number of ether oxygens (including phenoxy) is 2. The van der Waals surface area contributed by atoms with Crippen LogP contribution < -0.4 is 10.2 Å². The maximum Gasteiger partial charge on any atom is 0.269 e. The number of rotatable bonds is 11. The summed E-state index contributed by atoms with van der Waals surface area (Å²) in [6, 6.07) is 40.4. The molecule has 2 aliphatic rings. The van der Waals surface area contributed by atoms with Crippen LogP contribution >= 0.6 is 0 Å². The first kappa shape index (κ1) is 36.0. The highest BCUT2D eigenvalue weighted by atomic mass is 16.7. The van der Waals surface area contributed by atoms with Crippen LogP contribution in [0.25, 0.3) is 11.1 Å². The largest absolute Gasteiger partial charge is 0.392 e. The summed E-state index contributed by atoms with van der Waals surface area (Å²) in [5, 5.41) is 23.8. The lowest BCUT2D eigenvalue weighted by Gasteiger charge is -2.44. The molecule has 2 heterocycles. The Balaban J connectivity index is 1.04. The zero-order valence-corrected chi connectivity index (χ0v) is 29.7. The summed E-state index contributed by atoms with van der Waals surface area (Å²) in [6.45, 7) is 6.64. The number of carbonyl (C=O) groups excluding carboxylic acids is 1. The van der Waals surface area contributed by atoms with Gasteiger partial charge in [0, 0.05) is 74.1 Å². The average Bonchev–Trinajstić information content (AvgIpc) is 3.21. The van der Waals surface area contributed by atoms with Crippen LogP contribution in [-0.4, -0.2) is 59.7 Å². The van der Waals surface area contributed by atoms with Crippen molar-refractivity contribution in [3.63, 3.8) is 0 Å². The molecule has 53 heavy (non-hydrogen) atoms. The summed E-state index contributed by atoms with van der Waals surface area (Å²) >= 11 is 0. The van der Waals surface area contributed by atoms with Crippen LogP contribution in [0.4, 0.5) is 11.4 Å². The Morgan fingerprint density at radius 3 is 2.17 bits per heavy atom. The SMILES string of the molecule is CC1C(CN2CCN(c3ccc([N+](=O)[O-])cc3)CC2)OC(c2ccc(-c3cccc(CNC(=O)c4ccccc4)c3)cc2)OC1c1ccc(CO)cc1. The van der Waals surface area contributed by atoms with Crippen LogP contribution in [0.1, 0.15) is 51.9 Å². The molecule has 272 valence electrons. The molecule has 1 amide bonds. The summed E-state index contributed by atoms with van der Waals surface area (Å²) in [6.07, 6.45) is -0.895. The van der Waals surface area contributed by atoms with Crippen molar-refractivity contribution in [2.45, 2.75) is 38.6 Å². The Kier molecular flexibility index (Phi) is 11.2. The summed E-state index contributed by atoms with van der Waals surface area (Å²) in [7, 11) is 0. The van der Waals surface area contributed by atoms with Crippen LogP contribution in [0.5, 0.6) is 0 Å². The van der Waals surface area contributed by atoms with Gasteiger partial charge >= 0.3 is 0 Å². The van der Waals surface area contributed by atoms with E-state index in [1.807, 2.05) is 66.7 Å². The quantitative estimate of drug-likeness (QED) is 0.108. The first-order valence-electron chi connectivity index (χ1n) is 18.1. The number of piperazine rings is 1. The molecular formula is C43H44N4O6. The van der Waals surface area contributed by atoms with Crippen LogP contribution in [0.3, 0.4) is 0 Å². The molecule has 7 rings (SSSR count). The van der Waals surface area contributed by atoms with Crippen molar-refractivity contribution in [3.05, 3.63) is 165 Å². The Bertz CT molecular complexity index is 1980. The molecule has 4 unspecified atom stereocenters. The minimum Gasteiger partial charge on any atom is -0.392 e. The van der Waals surface area contributed by atoms with Gasteiger partial charge in [0.05, 0.1) is 23.7 Å². The van der Waals surface area contributed by atoms with Gasteiger partial charge in [-0.15, -0.1) is 0 Å². The monoisotopic (exact) mass is 712 g/mol. The number of aliphatic hydroxyl groups is 1. The fourth-order valence-corrected chi connectivity index (χ4v) is 7.12. The number of non-ortho nitro benzene ring substituents is 1. The van der Waals surface area contributed by atoms with E-state index in [-0.39, 0.29) is 41.3 Å². The molecule has 5 aromatic carbocycles. The molecule has 2 fully saturated rings. The van der Waals surface area contributed by atoms with Gasteiger partial charge in [-0.1, -0.05) is 91.9 Å². The smallest absolute Gasteiger partial charge is 0.269 e. The summed E-state index contributed by atoms with van der Waals surface area (Å²) in [4.78, 5) is 28.0. The fraction of sp³-hybridized carbons (Fsp3) is 0.279. The van der Waals surface area contributed by atoms with E-state index >= 15 is 0 Å². The first-order chi connectivity index (χ1) is 25.8. The van der Waals surface area contributed by atoms with E-state index in [0.29, 0.717) is 12.1 Å². The van der Waals surface area contributed by atoms with Gasteiger partial charge in [0.2, 0.25) is 0 Å². The summed E-state index contributed by atoms with van der Waals surface area (Å²) in [5.41, 5.74) is 7.65. The Morgan fingerprint density at radius 2 is 1.49 bits per heavy atom. The van der Waals surface area contributed by atoms with E-state index in [0.717, 1.165) is 71.8 Å². The standard InChI is InChI=1S/C43H44N4O6/c1-30-40(28-45-22-24-46(25-23-45)38-18-20-39(21-19-38)47(50)51)52-43(53-41(30)34-12-10-31(29-48)11-13-34)36-16-14-33(15-17-36)37-9-5-6-32(26-37)27-44-42(49)35-7-3-2-4-8-35/h2-21,26,30,40-41,43,48H,22-25,27-29H2,1H3,(H,44,49). The Morgan fingerprint density at radius 1 is 0.792 bits per heavy atom. The van der Waals surface area contributed by atoms with E-state index in [4.69, 9.17) is 9.47 Å². The molecule has 0 aliphatic carbocycles. The van der Waals surface area contributed by atoms with E-state index in [1.54, 1.807) is 24.3 Å². The van der Waals surface area contributed by atoms with Crippen LogP contribution in [0, 0.1) is 16.0 Å². The second-order valence-electron chi connectivity index (χ2n) is 13.8. The predicted octanol–water partition coefficient (Wildman–Crippen LogP) is 7.30. The third-order valence-electron chi connectivity index (χ3n) is 10.3. The van der Waals surface area contributed by atoms with Crippen molar-refractivity contribution >= 4 is 17.3 Å². The van der Waals surface area contributed by atoms with Crippen LogP contribution in [0.2, 0.25) is 0 Å². The minimum absolute atomic E-state index is 0.0147. The molecule has 0 aromatic heterocycles. The Hall–Kier alpha value is -5.39. The van der Waals surface area contributed by atoms with Gasteiger partial charge in [0.15, 0.2) is 6.29 Å². The van der Waals surface area contributed by atoms with Gasteiger partial charge in [-0.2, -0.15) is 0 Å². The van der Waals surface area contributed by atoms with Crippen LogP contribution in [0.15, 0.2) is 127 Å². The topological polar surface area (TPSA) is 117 Å². The number of hydrogen-bond acceptors (Lipinski definition) is 8. The lowest BCUT2D eigenvalue weighted by atomic mass is 9.89. The zero-order chi connectivity index (χ0) is 36.7. The van der Waals surface area contributed by atoms with E-state index in [9.17, 15) is 20.0 Å². The third-order valence-corrected chi connectivity index (χ3v) is 10.3. The molecule has 2 N–H and O–H groups in total. The highest BCUT2D eigenvalue weighted by molar-refractivity contribution is 5.94. The number of nitro groups is 1. The average molecular weight is 713 g/mol. The molecule has 0 spiro atoms. The van der Waals surface area contributed by atoms with E-state index in [1.165, 1.54) is 0 Å². The molecule has 10 heteroatoms. The number of hydrogen-bond donors (Lipinski definition) is 2. The maximum atomic E-state index is 12.6. The van der Waals surface area contributed by atoms with Gasteiger partial charge in [-0.3, -0.25) is 19.8 Å². The van der Waals surface area contributed by atoms with Gasteiger partial charge < -0.3 is 24.8 Å². The van der Waals surface area contributed by atoms with Crippen molar-refractivity contribution in [1.29, 1.82) is 0 Å². The molecule has 4 atom stereocenters. The lowest BCUT2D eigenvalue weighted by molar-refractivity contribution is -0.384. The normalized spacial score (nSPS) is 20.5. The lowest BCUT2D eigenvalue weighted by Crippen LogP contribution is -2.51. The van der Waals surface area contributed by atoms with Crippen molar-refractivity contribution in [3.8, 4) is 11.1 Å². The van der Waals surface area contributed by atoms with E-state index in [2.05, 4.69) is 58.4 Å². The summed E-state index contributed by atoms with van der Waals surface area (Å²) < 4.78 is 13.5. The van der Waals surface area contributed by atoms with Crippen molar-refractivity contribution in [2.24, 2.45) is 5.92 Å². The van der Waals surface area contributed by atoms with Crippen LogP contribution in [-0.2, 0) is 22.6 Å².